The molecule has 1 amide bonds. The van der Waals surface area contributed by atoms with Gasteiger partial charge in [-0.25, -0.2) is 9.78 Å². The number of amides is 1. The molecule has 0 aliphatic carbocycles. The Kier molecular flexibility index (Phi) is 3.27. The summed E-state index contributed by atoms with van der Waals surface area (Å²) >= 11 is 6.16. The minimum absolute atomic E-state index is 0.360. The fraction of sp³-hybridized carbons (Fsp3) is 0.0667. The lowest BCUT2D eigenvalue weighted by molar-refractivity contribution is 0.210. The van der Waals surface area contributed by atoms with E-state index in [0.717, 1.165) is 11.1 Å². The molecule has 0 bridgehead atoms. The number of nitrogens with one attached hydrogen (secondary N) is 1. The third-order valence-corrected chi connectivity index (χ3v) is 3.40. The maximum Gasteiger partial charge on any atom is 0.409 e. The minimum Gasteiger partial charge on any atom is -0.465 e. The standard InChI is InChI=1S/C15H11ClN2O3/c1-8-3-2-4-12-13(8)18-14(21-12)10-7-9(17-15(19)20)5-6-11(10)16/h2-7,17H,1H3,(H,19,20). The van der Waals surface area contributed by atoms with Gasteiger partial charge in [-0.3, -0.25) is 5.32 Å². The van der Waals surface area contributed by atoms with Crippen LogP contribution in [0.2, 0.25) is 5.02 Å². The zero-order valence-corrected chi connectivity index (χ0v) is 11.8. The second-order valence-electron chi connectivity index (χ2n) is 4.57. The number of carbonyl (C=O) groups is 1. The van der Waals surface area contributed by atoms with Gasteiger partial charge in [0.2, 0.25) is 5.89 Å². The molecule has 1 heterocycles. The summed E-state index contributed by atoms with van der Waals surface area (Å²) < 4.78 is 5.70. The van der Waals surface area contributed by atoms with Gasteiger partial charge in [0.25, 0.3) is 0 Å². The van der Waals surface area contributed by atoms with Gasteiger partial charge in [-0.15, -0.1) is 0 Å². The van der Waals surface area contributed by atoms with Gasteiger partial charge in [-0.05, 0) is 36.8 Å². The van der Waals surface area contributed by atoms with Crippen molar-refractivity contribution in [3.63, 3.8) is 0 Å². The zero-order chi connectivity index (χ0) is 15.0. The number of halogens is 1. The van der Waals surface area contributed by atoms with Crippen molar-refractivity contribution < 1.29 is 14.3 Å². The van der Waals surface area contributed by atoms with Crippen molar-refractivity contribution >= 4 is 34.5 Å². The number of aromatic nitrogens is 1. The molecule has 6 heteroatoms. The molecule has 0 spiro atoms. The molecule has 0 atom stereocenters. The van der Waals surface area contributed by atoms with Crippen LogP contribution in [-0.4, -0.2) is 16.2 Å². The van der Waals surface area contributed by atoms with E-state index in [1.165, 1.54) is 0 Å². The van der Waals surface area contributed by atoms with Crippen LogP contribution >= 0.6 is 11.6 Å². The van der Waals surface area contributed by atoms with E-state index in [-0.39, 0.29) is 0 Å². The number of nitrogens with zero attached hydrogens (tertiary/aromatic N) is 1. The van der Waals surface area contributed by atoms with Crippen molar-refractivity contribution in [3.8, 4) is 11.5 Å². The largest absolute Gasteiger partial charge is 0.465 e. The van der Waals surface area contributed by atoms with Gasteiger partial charge in [0, 0.05) is 5.69 Å². The Balaban J connectivity index is 2.13. The summed E-state index contributed by atoms with van der Waals surface area (Å²) in [5, 5.41) is 11.5. The highest BCUT2D eigenvalue weighted by molar-refractivity contribution is 6.33. The molecule has 5 nitrogen and oxygen atoms in total. The fourth-order valence-corrected chi connectivity index (χ4v) is 2.29. The number of anilines is 1. The van der Waals surface area contributed by atoms with E-state index in [4.69, 9.17) is 21.1 Å². The molecule has 2 aromatic carbocycles. The average molecular weight is 303 g/mol. The first-order chi connectivity index (χ1) is 10.0. The van der Waals surface area contributed by atoms with Crippen LogP contribution in [0.5, 0.6) is 0 Å². The number of para-hydroxylation sites is 1. The summed E-state index contributed by atoms with van der Waals surface area (Å²) in [4.78, 5) is 15.1. The fourth-order valence-electron chi connectivity index (χ4n) is 2.09. The van der Waals surface area contributed by atoms with E-state index in [9.17, 15) is 4.79 Å². The Morgan fingerprint density at radius 1 is 1.33 bits per heavy atom. The highest BCUT2D eigenvalue weighted by Gasteiger charge is 2.14. The van der Waals surface area contributed by atoms with Crippen LogP contribution in [0.4, 0.5) is 10.5 Å². The van der Waals surface area contributed by atoms with Crippen molar-refractivity contribution in [2.45, 2.75) is 6.92 Å². The van der Waals surface area contributed by atoms with Gasteiger partial charge >= 0.3 is 6.09 Å². The number of aryl methyl sites for hydroxylation is 1. The molecule has 0 aliphatic rings. The van der Waals surface area contributed by atoms with Gasteiger partial charge in [0.1, 0.15) is 5.52 Å². The zero-order valence-electron chi connectivity index (χ0n) is 11.1. The highest BCUT2D eigenvalue weighted by atomic mass is 35.5. The molecule has 21 heavy (non-hydrogen) atoms. The Bertz CT molecular complexity index is 842. The van der Waals surface area contributed by atoms with Gasteiger partial charge in [-0.2, -0.15) is 0 Å². The van der Waals surface area contributed by atoms with E-state index in [0.29, 0.717) is 27.7 Å². The molecule has 0 fully saturated rings. The lowest BCUT2D eigenvalue weighted by Gasteiger charge is -2.04. The third kappa shape index (κ3) is 2.55. The molecule has 0 saturated heterocycles. The normalized spacial score (nSPS) is 10.8. The van der Waals surface area contributed by atoms with Crippen molar-refractivity contribution in [1.82, 2.24) is 4.98 Å². The van der Waals surface area contributed by atoms with Gasteiger partial charge < -0.3 is 9.52 Å². The van der Waals surface area contributed by atoms with E-state index < -0.39 is 6.09 Å². The van der Waals surface area contributed by atoms with Crippen LogP contribution in [0.25, 0.3) is 22.6 Å². The smallest absolute Gasteiger partial charge is 0.409 e. The first-order valence-corrected chi connectivity index (χ1v) is 6.58. The lowest BCUT2D eigenvalue weighted by atomic mass is 10.2. The maximum absolute atomic E-state index is 10.7. The molecule has 0 unspecified atom stereocenters. The van der Waals surface area contributed by atoms with E-state index in [1.54, 1.807) is 18.2 Å². The minimum atomic E-state index is -1.14. The van der Waals surface area contributed by atoms with Gasteiger partial charge in [0.15, 0.2) is 5.58 Å². The van der Waals surface area contributed by atoms with Crippen molar-refractivity contribution in [1.29, 1.82) is 0 Å². The molecule has 106 valence electrons. The number of oxazole rings is 1. The van der Waals surface area contributed by atoms with E-state index in [1.807, 2.05) is 25.1 Å². The quantitative estimate of drug-likeness (QED) is 0.728. The van der Waals surface area contributed by atoms with Crippen LogP contribution < -0.4 is 5.32 Å². The number of rotatable bonds is 2. The number of benzene rings is 2. The monoisotopic (exact) mass is 302 g/mol. The van der Waals surface area contributed by atoms with Gasteiger partial charge in [0.05, 0.1) is 10.6 Å². The predicted octanol–water partition coefficient (Wildman–Crippen LogP) is 4.55. The second-order valence-corrected chi connectivity index (χ2v) is 4.97. The Hall–Kier alpha value is -2.53. The molecule has 0 aliphatic heterocycles. The first kappa shape index (κ1) is 13.5. The number of fused-ring (bicyclic) bond motifs is 1. The van der Waals surface area contributed by atoms with Crippen molar-refractivity contribution in [2.24, 2.45) is 0 Å². The highest BCUT2D eigenvalue weighted by Crippen LogP contribution is 2.32. The summed E-state index contributed by atoms with van der Waals surface area (Å²) in [5.74, 6) is 0.360. The SMILES string of the molecule is Cc1cccc2oc(-c3cc(NC(=O)O)ccc3Cl)nc12. The number of hydrogen-bond donors (Lipinski definition) is 2. The Labute approximate surface area is 125 Å². The molecule has 0 saturated carbocycles. The Morgan fingerprint density at radius 3 is 2.86 bits per heavy atom. The molecule has 2 N–H and O–H groups in total. The number of hydrogen-bond acceptors (Lipinski definition) is 3. The maximum atomic E-state index is 10.7. The van der Waals surface area contributed by atoms with Crippen molar-refractivity contribution in [3.05, 3.63) is 47.0 Å². The topological polar surface area (TPSA) is 75.4 Å². The molecule has 3 rings (SSSR count). The van der Waals surface area contributed by atoms with Crippen molar-refractivity contribution in [2.75, 3.05) is 5.32 Å². The van der Waals surface area contributed by atoms with Gasteiger partial charge in [-0.1, -0.05) is 23.7 Å². The predicted molar refractivity (Wildman–Crippen MR) is 80.8 cm³/mol. The molecule has 0 radical (unpaired) electrons. The second kappa shape index (κ2) is 5.10. The molecular formula is C15H11ClN2O3. The summed E-state index contributed by atoms with van der Waals surface area (Å²) in [6, 6.07) is 10.4. The summed E-state index contributed by atoms with van der Waals surface area (Å²) in [5.41, 5.74) is 3.37. The van der Waals surface area contributed by atoms with E-state index in [2.05, 4.69) is 10.3 Å². The average Bonchev–Trinajstić information content (AvgIpc) is 2.86. The Morgan fingerprint density at radius 2 is 2.14 bits per heavy atom. The van der Waals surface area contributed by atoms with Crippen LogP contribution in [-0.2, 0) is 0 Å². The van der Waals surface area contributed by atoms with Crippen LogP contribution in [0.1, 0.15) is 5.56 Å². The van der Waals surface area contributed by atoms with Crippen LogP contribution in [0, 0.1) is 6.92 Å². The van der Waals surface area contributed by atoms with E-state index >= 15 is 0 Å². The third-order valence-electron chi connectivity index (χ3n) is 3.07. The first-order valence-electron chi connectivity index (χ1n) is 6.20. The van der Waals surface area contributed by atoms with Crippen LogP contribution in [0.15, 0.2) is 40.8 Å². The molecule has 3 aromatic rings. The summed E-state index contributed by atoms with van der Waals surface area (Å²) in [6.45, 7) is 1.94. The molecular weight excluding hydrogens is 292 g/mol. The summed E-state index contributed by atoms with van der Waals surface area (Å²) in [6.07, 6.45) is -1.14. The van der Waals surface area contributed by atoms with Crippen LogP contribution in [0.3, 0.4) is 0 Å². The lowest BCUT2D eigenvalue weighted by Crippen LogP contribution is -2.07. The summed E-state index contributed by atoms with van der Waals surface area (Å²) in [7, 11) is 0. The molecule has 1 aromatic heterocycles. The number of carboxylic acid groups (broad SMARTS) is 1.